The molecular weight excluding hydrogens is 172 g/mol. The van der Waals surface area contributed by atoms with E-state index in [4.69, 9.17) is 10.2 Å². The largest absolute Gasteiger partial charge is 0.480 e. The van der Waals surface area contributed by atoms with Crippen molar-refractivity contribution in [3.05, 3.63) is 0 Å². The second-order valence-corrected chi connectivity index (χ2v) is 3.87. The normalized spacial score (nSPS) is 22.5. The van der Waals surface area contributed by atoms with E-state index in [0.29, 0.717) is 18.8 Å². The monoisotopic (exact) mass is 186 g/mol. The lowest BCUT2D eigenvalue weighted by Crippen LogP contribution is -2.42. The van der Waals surface area contributed by atoms with E-state index in [1.54, 1.807) is 0 Å². The Balaban J connectivity index is 2.82. The van der Waals surface area contributed by atoms with Crippen LogP contribution in [0.3, 0.4) is 0 Å². The maximum Gasteiger partial charge on any atom is 0.321 e. The van der Waals surface area contributed by atoms with Gasteiger partial charge in [0.2, 0.25) is 0 Å². The van der Waals surface area contributed by atoms with Gasteiger partial charge < -0.3 is 10.2 Å². The standard InChI is InChI=1S/C9H14O4/c1-6-2-4-9(5-3-6,7(10)11)8(12)13/h6H,2-5H2,1H3,(H,10,11)(H,12,13). The summed E-state index contributed by atoms with van der Waals surface area (Å²) in [6.45, 7) is 2.02. The van der Waals surface area contributed by atoms with Crippen LogP contribution in [0.1, 0.15) is 32.6 Å². The fourth-order valence-corrected chi connectivity index (χ4v) is 1.77. The predicted molar refractivity (Wildman–Crippen MR) is 45.3 cm³/mol. The zero-order chi connectivity index (χ0) is 10.1. The summed E-state index contributed by atoms with van der Waals surface area (Å²) < 4.78 is 0. The third-order valence-electron chi connectivity index (χ3n) is 2.95. The van der Waals surface area contributed by atoms with Crippen LogP contribution in [0.25, 0.3) is 0 Å². The maximum absolute atomic E-state index is 10.8. The van der Waals surface area contributed by atoms with Gasteiger partial charge in [0.05, 0.1) is 0 Å². The Hall–Kier alpha value is -1.06. The van der Waals surface area contributed by atoms with Crippen molar-refractivity contribution < 1.29 is 19.8 Å². The first-order chi connectivity index (χ1) is 5.99. The Morgan fingerprint density at radius 3 is 1.85 bits per heavy atom. The van der Waals surface area contributed by atoms with Crippen LogP contribution in [0.15, 0.2) is 0 Å². The lowest BCUT2D eigenvalue weighted by molar-refractivity contribution is -0.167. The molecule has 0 unspecified atom stereocenters. The van der Waals surface area contributed by atoms with Gasteiger partial charge in [0, 0.05) is 0 Å². The van der Waals surface area contributed by atoms with Crippen LogP contribution < -0.4 is 0 Å². The number of rotatable bonds is 2. The number of carboxylic acids is 2. The summed E-state index contributed by atoms with van der Waals surface area (Å²) in [4.78, 5) is 21.7. The average molecular weight is 186 g/mol. The minimum absolute atomic E-state index is 0.263. The van der Waals surface area contributed by atoms with Gasteiger partial charge in [-0.05, 0) is 31.6 Å². The molecule has 0 aromatic carbocycles. The average Bonchev–Trinajstić information content (AvgIpc) is 2.04. The molecule has 0 amide bonds. The Morgan fingerprint density at radius 2 is 1.54 bits per heavy atom. The van der Waals surface area contributed by atoms with Gasteiger partial charge in [0.25, 0.3) is 0 Å². The van der Waals surface area contributed by atoms with Crippen molar-refractivity contribution in [2.45, 2.75) is 32.6 Å². The van der Waals surface area contributed by atoms with Gasteiger partial charge in [0.15, 0.2) is 5.41 Å². The van der Waals surface area contributed by atoms with Crippen molar-refractivity contribution >= 4 is 11.9 Å². The first-order valence-corrected chi connectivity index (χ1v) is 4.46. The molecule has 1 fully saturated rings. The van der Waals surface area contributed by atoms with Gasteiger partial charge in [-0.15, -0.1) is 0 Å². The maximum atomic E-state index is 10.8. The molecule has 1 aliphatic carbocycles. The zero-order valence-electron chi connectivity index (χ0n) is 7.62. The van der Waals surface area contributed by atoms with E-state index in [1.807, 2.05) is 6.92 Å². The molecule has 1 rings (SSSR count). The molecule has 0 atom stereocenters. The molecule has 1 aliphatic rings. The molecule has 0 radical (unpaired) electrons. The highest BCUT2D eigenvalue weighted by Crippen LogP contribution is 2.39. The Kier molecular flexibility index (Phi) is 2.59. The highest BCUT2D eigenvalue weighted by molar-refractivity contribution is 5.98. The quantitative estimate of drug-likeness (QED) is 0.638. The number of carboxylic acid groups (broad SMARTS) is 2. The summed E-state index contributed by atoms with van der Waals surface area (Å²) >= 11 is 0. The van der Waals surface area contributed by atoms with E-state index in [2.05, 4.69) is 0 Å². The SMILES string of the molecule is CC1CCC(C(=O)O)(C(=O)O)CC1. The molecule has 0 bridgehead atoms. The van der Waals surface area contributed by atoms with Crippen molar-refractivity contribution in [1.29, 1.82) is 0 Å². The molecule has 0 heterocycles. The van der Waals surface area contributed by atoms with Gasteiger partial charge in [-0.3, -0.25) is 9.59 Å². The zero-order valence-corrected chi connectivity index (χ0v) is 7.62. The molecule has 2 N–H and O–H groups in total. The van der Waals surface area contributed by atoms with Crippen molar-refractivity contribution in [3.8, 4) is 0 Å². The van der Waals surface area contributed by atoms with Gasteiger partial charge in [-0.2, -0.15) is 0 Å². The van der Waals surface area contributed by atoms with Crippen LogP contribution in [0.4, 0.5) is 0 Å². The minimum Gasteiger partial charge on any atom is -0.480 e. The number of aliphatic carboxylic acids is 2. The highest BCUT2D eigenvalue weighted by Gasteiger charge is 2.48. The van der Waals surface area contributed by atoms with E-state index in [1.165, 1.54) is 0 Å². The summed E-state index contributed by atoms with van der Waals surface area (Å²) in [5.74, 6) is -1.93. The number of hydrogen-bond acceptors (Lipinski definition) is 2. The van der Waals surface area contributed by atoms with Crippen LogP contribution in [0, 0.1) is 11.3 Å². The fraction of sp³-hybridized carbons (Fsp3) is 0.778. The van der Waals surface area contributed by atoms with Gasteiger partial charge in [-0.25, -0.2) is 0 Å². The Labute approximate surface area is 76.6 Å². The second kappa shape index (κ2) is 3.36. The summed E-state index contributed by atoms with van der Waals surface area (Å²) in [6, 6.07) is 0. The first kappa shape index (κ1) is 10.0. The molecule has 1 saturated carbocycles. The molecule has 0 aromatic heterocycles. The summed E-state index contributed by atoms with van der Waals surface area (Å²) in [5.41, 5.74) is -1.51. The van der Waals surface area contributed by atoms with E-state index >= 15 is 0 Å². The molecule has 13 heavy (non-hydrogen) atoms. The minimum atomic E-state index is -1.51. The van der Waals surface area contributed by atoms with E-state index in [-0.39, 0.29) is 12.8 Å². The van der Waals surface area contributed by atoms with E-state index in [9.17, 15) is 9.59 Å². The molecule has 74 valence electrons. The molecule has 4 heteroatoms. The highest BCUT2D eigenvalue weighted by atomic mass is 16.4. The van der Waals surface area contributed by atoms with E-state index < -0.39 is 17.4 Å². The summed E-state index contributed by atoms with van der Waals surface area (Å²) in [7, 11) is 0. The van der Waals surface area contributed by atoms with Crippen molar-refractivity contribution in [1.82, 2.24) is 0 Å². The van der Waals surface area contributed by atoms with Crippen LogP contribution in [-0.2, 0) is 9.59 Å². The first-order valence-electron chi connectivity index (χ1n) is 4.46. The molecule has 4 nitrogen and oxygen atoms in total. The predicted octanol–water partition coefficient (Wildman–Crippen LogP) is 1.35. The van der Waals surface area contributed by atoms with Gasteiger partial charge in [-0.1, -0.05) is 6.92 Å². The van der Waals surface area contributed by atoms with Crippen LogP contribution in [0.5, 0.6) is 0 Å². The van der Waals surface area contributed by atoms with Gasteiger partial charge in [0.1, 0.15) is 0 Å². The van der Waals surface area contributed by atoms with Crippen LogP contribution >= 0.6 is 0 Å². The third kappa shape index (κ3) is 1.66. The lowest BCUT2D eigenvalue weighted by Gasteiger charge is -2.31. The summed E-state index contributed by atoms with van der Waals surface area (Å²) in [6.07, 6.45) is 1.91. The topological polar surface area (TPSA) is 74.6 Å². The Morgan fingerprint density at radius 1 is 1.15 bits per heavy atom. The molecule has 0 aromatic rings. The molecule has 0 spiro atoms. The lowest BCUT2D eigenvalue weighted by atomic mass is 9.71. The van der Waals surface area contributed by atoms with Crippen LogP contribution in [0.2, 0.25) is 0 Å². The molecule has 0 aliphatic heterocycles. The van der Waals surface area contributed by atoms with Gasteiger partial charge >= 0.3 is 11.9 Å². The van der Waals surface area contributed by atoms with Crippen LogP contribution in [-0.4, -0.2) is 22.2 Å². The summed E-state index contributed by atoms with van der Waals surface area (Å²) in [5, 5.41) is 17.7. The molecule has 0 saturated heterocycles. The van der Waals surface area contributed by atoms with E-state index in [0.717, 1.165) is 0 Å². The van der Waals surface area contributed by atoms with Crippen molar-refractivity contribution in [2.75, 3.05) is 0 Å². The second-order valence-electron chi connectivity index (χ2n) is 3.87. The third-order valence-corrected chi connectivity index (χ3v) is 2.95. The van der Waals surface area contributed by atoms with Crippen molar-refractivity contribution in [2.24, 2.45) is 11.3 Å². The fourth-order valence-electron chi connectivity index (χ4n) is 1.77. The molecular formula is C9H14O4. The number of carbonyl (C=O) groups is 2. The van der Waals surface area contributed by atoms with Crippen molar-refractivity contribution in [3.63, 3.8) is 0 Å². The Bertz CT molecular complexity index is 210. The smallest absolute Gasteiger partial charge is 0.321 e. The number of hydrogen-bond donors (Lipinski definition) is 2.